The quantitative estimate of drug-likeness (QED) is 0.642. The fraction of sp³-hybridized carbons (Fsp3) is 0.714. The minimum absolute atomic E-state index is 0.0532. The van der Waals surface area contributed by atoms with Crippen molar-refractivity contribution in [2.24, 2.45) is 0 Å². The molecule has 0 aliphatic heterocycles. The molecular weight excluding hydrogens is 162 g/mol. The predicted molar refractivity (Wildman–Crippen MR) is 44.7 cm³/mol. The van der Waals surface area contributed by atoms with E-state index >= 15 is 0 Å². The molecule has 0 aliphatic carbocycles. The van der Waals surface area contributed by atoms with E-state index in [1.807, 2.05) is 20.8 Å². The van der Waals surface area contributed by atoms with E-state index in [2.05, 4.69) is 10.2 Å². The van der Waals surface area contributed by atoms with Crippen molar-refractivity contribution >= 4 is 11.6 Å². The van der Waals surface area contributed by atoms with Crippen LogP contribution in [-0.4, -0.2) is 15.0 Å². The van der Waals surface area contributed by atoms with Gasteiger partial charge < -0.3 is 0 Å². The van der Waals surface area contributed by atoms with Crippen molar-refractivity contribution in [2.45, 2.75) is 32.2 Å². The minimum Gasteiger partial charge on any atom is -0.182 e. The van der Waals surface area contributed by atoms with Crippen LogP contribution < -0.4 is 0 Å². The van der Waals surface area contributed by atoms with Gasteiger partial charge in [0.25, 0.3) is 0 Å². The van der Waals surface area contributed by atoms with Gasteiger partial charge in [0, 0.05) is 0 Å². The fourth-order valence-electron chi connectivity index (χ4n) is 0.719. The second-order valence-corrected chi connectivity index (χ2v) is 3.45. The topological polar surface area (TPSA) is 30.7 Å². The summed E-state index contributed by atoms with van der Waals surface area (Å²) in [5, 5.41) is 8.19. The summed E-state index contributed by atoms with van der Waals surface area (Å²) in [4.78, 5) is 1.66. The van der Waals surface area contributed by atoms with E-state index in [-0.39, 0.29) is 5.38 Å². The Hall–Kier alpha value is -0.570. The molecule has 1 aromatic rings. The fourth-order valence-corrected chi connectivity index (χ4v) is 0.819. The first-order valence-electron chi connectivity index (χ1n) is 3.67. The van der Waals surface area contributed by atoms with Crippen LogP contribution in [0.3, 0.4) is 0 Å². The third kappa shape index (κ3) is 1.93. The monoisotopic (exact) mass is 173 g/mol. The zero-order chi connectivity index (χ0) is 8.43. The van der Waals surface area contributed by atoms with Crippen LogP contribution in [-0.2, 0) is 0 Å². The van der Waals surface area contributed by atoms with E-state index < -0.39 is 0 Å². The second kappa shape index (κ2) is 3.22. The van der Waals surface area contributed by atoms with Crippen LogP contribution in [0.25, 0.3) is 0 Å². The molecule has 0 amide bonds. The Bertz CT molecular complexity index is 207. The zero-order valence-electron chi connectivity index (χ0n) is 6.95. The Kier molecular flexibility index (Phi) is 2.49. The van der Waals surface area contributed by atoms with Gasteiger partial charge in [0.2, 0.25) is 0 Å². The van der Waals surface area contributed by atoms with E-state index in [4.69, 9.17) is 11.6 Å². The average Bonchev–Trinajstić information content (AvgIpc) is 2.33. The van der Waals surface area contributed by atoms with Crippen LogP contribution >= 0.6 is 11.6 Å². The molecular formula is C7H12ClN3. The predicted octanol–water partition coefficient (Wildman–Crippen LogP) is 2.16. The Balaban J connectivity index is 2.82. The molecule has 1 rings (SSSR count). The number of rotatable bonds is 2. The normalized spacial score (nSPS) is 13.9. The maximum Gasteiger partial charge on any atom is 0.100 e. The molecule has 3 nitrogen and oxygen atoms in total. The summed E-state index contributed by atoms with van der Waals surface area (Å²) in [5.74, 6) is 0. The molecule has 0 fully saturated rings. The van der Waals surface area contributed by atoms with Crippen LogP contribution in [0.15, 0.2) is 6.20 Å². The summed E-state index contributed by atoms with van der Waals surface area (Å²) in [6.07, 6.45) is 1.71. The molecule has 0 saturated carbocycles. The van der Waals surface area contributed by atoms with Crippen molar-refractivity contribution in [2.75, 3.05) is 0 Å². The third-order valence-corrected chi connectivity index (χ3v) is 1.62. The van der Waals surface area contributed by atoms with Gasteiger partial charge in [-0.3, -0.25) is 0 Å². The van der Waals surface area contributed by atoms with Gasteiger partial charge in [-0.25, -0.2) is 0 Å². The molecule has 0 bridgehead atoms. The first kappa shape index (κ1) is 8.53. The lowest BCUT2D eigenvalue weighted by atomic mass is 10.4. The summed E-state index contributed by atoms with van der Waals surface area (Å²) in [5.41, 5.74) is 0.834. The van der Waals surface area contributed by atoms with Crippen LogP contribution in [0, 0.1) is 0 Å². The SMILES string of the molecule is CC(Cl)c1cnn(C(C)C)n1. The van der Waals surface area contributed by atoms with Gasteiger partial charge in [0.05, 0.1) is 17.6 Å². The van der Waals surface area contributed by atoms with Crippen molar-refractivity contribution in [3.8, 4) is 0 Å². The van der Waals surface area contributed by atoms with Gasteiger partial charge in [-0.05, 0) is 20.8 Å². The second-order valence-electron chi connectivity index (χ2n) is 2.80. The first-order chi connectivity index (χ1) is 5.11. The van der Waals surface area contributed by atoms with Crippen molar-refractivity contribution in [3.63, 3.8) is 0 Å². The van der Waals surface area contributed by atoms with Crippen LogP contribution in [0.5, 0.6) is 0 Å². The lowest BCUT2D eigenvalue weighted by molar-refractivity contribution is 0.463. The van der Waals surface area contributed by atoms with E-state index in [0.29, 0.717) is 6.04 Å². The van der Waals surface area contributed by atoms with Crippen molar-refractivity contribution in [3.05, 3.63) is 11.9 Å². The standard InChI is InChI=1S/C7H12ClN3/c1-5(2)11-9-4-7(10-11)6(3)8/h4-6H,1-3H3. The highest BCUT2D eigenvalue weighted by Gasteiger charge is 2.07. The molecule has 0 spiro atoms. The Morgan fingerprint density at radius 1 is 1.45 bits per heavy atom. The number of hydrogen-bond acceptors (Lipinski definition) is 2. The molecule has 0 saturated heterocycles. The lowest BCUT2D eigenvalue weighted by Crippen LogP contribution is -2.04. The Labute approximate surface area is 71.4 Å². The Morgan fingerprint density at radius 3 is 2.36 bits per heavy atom. The highest BCUT2D eigenvalue weighted by Crippen LogP contribution is 2.15. The van der Waals surface area contributed by atoms with Crippen LogP contribution in [0.1, 0.15) is 37.9 Å². The van der Waals surface area contributed by atoms with Gasteiger partial charge >= 0.3 is 0 Å². The van der Waals surface area contributed by atoms with E-state index in [9.17, 15) is 0 Å². The molecule has 62 valence electrons. The molecule has 0 radical (unpaired) electrons. The zero-order valence-corrected chi connectivity index (χ0v) is 7.71. The molecule has 0 aromatic carbocycles. The van der Waals surface area contributed by atoms with E-state index in [1.54, 1.807) is 11.0 Å². The molecule has 4 heteroatoms. The highest BCUT2D eigenvalue weighted by atomic mass is 35.5. The van der Waals surface area contributed by atoms with Crippen molar-refractivity contribution in [1.29, 1.82) is 0 Å². The summed E-state index contributed by atoms with van der Waals surface area (Å²) in [7, 11) is 0. The molecule has 1 atom stereocenters. The lowest BCUT2D eigenvalue weighted by Gasteiger charge is -2.01. The minimum atomic E-state index is -0.0532. The maximum absolute atomic E-state index is 5.81. The van der Waals surface area contributed by atoms with Crippen molar-refractivity contribution in [1.82, 2.24) is 15.0 Å². The molecule has 0 aliphatic rings. The van der Waals surface area contributed by atoms with Gasteiger partial charge in [-0.2, -0.15) is 15.0 Å². The number of alkyl halides is 1. The average molecular weight is 174 g/mol. The molecule has 1 heterocycles. The first-order valence-corrected chi connectivity index (χ1v) is 4.10. The van der Waals surface area contributed by atoms with Gasteiger partial charge in [0.15, 0.2) is 0 Å². The van der Waals surface area contributed by atoms with Crippen LogP contribution in [0.2, 0.25) is 0 Å². The number of halogens is 1. The molecule has 0 N–H and O–H groups in total. The van der Waals surface area contributed by atoms with Crippen LogP contribution in [0.4, 0.5) is 0 Å². The number of aromatic nitrogens is 3. The largest absolute Gasteiger partial charge is 0.182 e. The third-order valence-electron chi connectivity index (χ3n) is 1.40. The number of hydrogen-bond donors (Lipinski definition) is 0. The molecule has 1 aromatic heterocycles. The van der Waals surface area contributed by atoms with Gasteiger partial charge in [-0.1, -0.05) is 0 Å². The van der Waals surface area contributed by atoms with E-state index in [1.165, 1.54) is 0 Å². The summed E-state index contributed by atoms with van der Waals surface area (Å²) in [6.45, 7) is 5.95. The summed E-state index contributed by atoms with van der Waals surface area (Å²) < 4.78 is 0. The molecule has 11 heavy (non-hydrogen) atoms. The smallest absolute Gasteiger partial charge is 0.100 e. The number of nitrogens with zero attached hydrogens (tertiary/aromatic N) is 3. The van der Waals surface area contributed by atoms with Crippen molar-refractivity contribution < 1.29 is 0 Å². The van der Waals surface area contributed by atoms with Gasteiger partial charge in [-0.15, -0.1) is 11.6 Å². The Morgan fingerprint density at radius 2 is 2.09 bits per heavy atom. The highest BCUT2D eigenvalue weighted by molar-refractivity contribution is 6.20. The van der Waals surface area contributed by atoms with Gasteiger partial charge in [0.1, 0.15) is 5.69 Å². The summed E-state index contributed by atoms with van der Waals surface area (Å²) in [6, 6.07) is 0.305. The maximum atomic E-state index is 5.81. The van der Waals surface area contributed by atoms with E-state index in [0.717, 1.165) is 5.69 Å². The molecule has 1 unspecified atom stereocenters. The summed E-state index contributed by atoms with van der Waals surface area (Å²) >= 11 is 5.81.